The van der Waals surface area contributed by atoms with E-state index in [1.807, 2.05) is 22.9 Å². The van der Waals surface area contributed by atoms with E-state index in [1.165, 1.54) is 18.4 Å². The molecule has 3 rings (SSSR count). The van der Waals surface area contributed by atoms with Crippen molar-refractivity contribution in [3.63, 3.8) is 0 Å². The number of pyridine rings is 1. The Morgan fingerprint density at radius 2 is 2.08 bits per heavy atom. The third-order valence-corrected chi connectivity index (χ3v) is 3.86. The second kappa shape index (κ2) is 6.82. The highest BCUT2D eigenvalue weighted by atomic mass is 16.5. The third-order valence-electron chi connectivity index (χ3n) is 3.86. The van der Waals surface area contributed by atoms with Crippen LogP contribution >= 0.6 is 0 Å². The van der Waals surface area contributed by atoms with E-state index < -0.39 is 11.8 Å². The van der Waals surface area contributed by atoms with Crippen LogP contribution in [0, 0.1) is 0 Å². The summed E-state index contributed by atoms with van der Waals surface area (Å²) in [6.07, 6.45) is 6.37. The number of Topliss-reactive ketones (excluding diaryl/α,β-unsaturated/α-hetero) is 1. The lowest BCUT2D eigenvalue weighted by Gasteiger charge is -2.03. The molecule has 126 valence electrons. The lowest BCUT2D eigenvalue weighted by Crippen LogP contribution is -2.34. The van der Waals surface area contributed by atoms with Gasteiger partial charge in [-0.05, 0) is 37.3 Å². The quantitative estimate of drug-likeness (QED) is 0.605. The zero-order valence-corrected chi connectivity index (χ0v) is 13.4. The van der Waals surface area contributed by atoms with Crippen molar-refractivity contribution in [2.45, 2.75) is 32.1 Å². The number of amides is 1. The van der Waals surface area contributed by atoms with Crippen LogP contribution in [0.1, 0.15) is 36.9 Å². The number of esters is 1. The molecule has 24 heavy (non-hydrogen) atoms. The van der Waals surface area contributed by atoms with Crippen molar-refractivity contribution in [3.8, 4) is 0 Å². The number of hydrogen-bond acceptors (Lipinski definition) is 5. The van der Waals surface area contributed by atoms with Crippen LogP contribution in [0.3, 0.4) is 0 Å². The van der Waals surface area contributed by atoms with E-state index in [2.05, 4.69) is 21.1 Å². The smallest absolute Gasteiger partial charge is 0.376 e. The summed E-state index contributed by atoms with van der Waals surface area (Å²) < 4.78 is 6.49. The minimum Gasteiger partial charge on any atom is -0.460 e. The van der Waals surface area contributed by atoms with E-state index >= 15 is 0 Å². The highest BCUT2D eigenvalue weighted by Crippen LogP contribution is 2.39. The maximum atomic E-state index is 11.9. The number of aromatic nitrogens is 2. The van der Waals surface area contributed by atoms with Gasteiger partial charge in [0.1, 0.15) is 5.65 Å². The molecule has 1 saturated carbocycles. The van der Waals surface area contributed by atoms with E-state index in [4.69, 9.17) is 0 Å². The first-order chi connectivity index (χ1) is 11.6. The fraction of sp³-hybridized carbons (Fsp3) is 0.412. The second-order valence-electron chi connectivity index (χ2n) is 5.83. The van der Waals surface area contributed by atoms with Crippen LogP contribution in [0.4, 0.5) is 0 Å². The first kappa shape index (κ1) is 16.2. The number of carbonyl (C=O) groups excluding carboxylic acids is 3. The molecule has 0 spiro atoms. The molecule has 1 aliphatic carbocycles. The Balaban J connectivity index is 1.57. The predicted octanol–water partition coefficient (Wildman–Crippen LogP) is 1.00. The topological polar surface area (TPSA) is 89.8 Å². The summed E-state index contributed by atoms with van der Waals surface area (Å²) in [7, 11) is 0. The fourth-order valence-electron chi connectivity index (χ4n) is 2.49. The zero-order valence-electron chi connectivity index (χ0n) is 13.4. The predicted molar refractivity (Wildman–Crippen MR) is 85.5 cm³/mol. The van der Waals surface area contributed by atoms with Crippen molar-refractivity contribution in [1.29, 1.82) is 0 Å². The van der Waals surface area contributed by atoms with Crippen LogP contribution in [0.15, 0.2) is 24.5 Å². The summed E-state index contributed by atoms with van der Waals surface area (Å²) in [5, 5.41) is 2.42. The van der Waals surface area contributed by atoms with Gasteiger partial charge in [-0.25, -0.2) is 9.78 Å². The molecule has 0 atom stereocenters. The van der Waals surface area contributed by atoms with Crippen LogP contribution in [0.5, 0.6) is 0 Å². The van der Waals surface area contributed by atoms with Crippen molar-refractivity contribution >= 4 is 23.3 Å². The molecule has 2 heterocycles. The highest BCUT2D eigenvalue weighted by molar-refractivity contribution is 6.34. The normalized spacial score (nSPS) is 13.7. The van der Waals surface area contributed by atoms with Gasteiger partial charge in [0, 0.05) is 12.4 Å². The van der Waals surface area contributed by atoms with Crippen molar-refractivity contribution in [1.82, 2.24) is 14.7 Å². The molecule has 1 aliphatic rings. The molecule has 1 amide bonds. The second-order valence-corrected chi connectivity index (χ2v) is 5.83. The molecule has 2 aromatic rings. The molecule has 0 aromatic carbocycles. The summed E-state index contributed by atoms with van der Waals surface area (Å²) in [5.74, 6) is -1.41. The number of nitrogens with one attached hydrogen (secondary N) is 1. The number of fused-ring (bicyclic) bond motifs is 1. The summed E-state index contributed by atoms with van der Waals surface area (Å²) in [6.45, 7) is 1.38. The molecule has 0 unspecified atom stereocenters. The Morgan fingerprint density at radius 3 is 2.79 bits per heavy atom. The van der Waals surface area contributed by atoms with Gasteiger partial charge in [0.05, 0.1) is 25.3 Å². The van der Waals surface area contributed by atoms with Gasteiger partial charge in [0.25, 0.3) is 5.78 Å². The van der Waals surface area contributed by atoms with Crippen LogP contribution in [-0.2, 0) is 25.5 Å². The fourth-order valence-corrected chi connectivity index (χ4v) is 2.49. The molecule has 0 saturated heterocycles. The van der Waals surface area contributed by atoms with E-state index in [0.29, 0.717) is 11.6 Å². The number of nitrogens with zero attached hydrogens (tertiary/aromatic N) is 2. The van der Waals surface area contributed by atoms with Gasteiger partial charge in [-0.15, -0.1) is 0 Å². The average molecular weight is 329 g/mol. The lowest BCUT2D eigenvalue weighted by atomic mass is 10.2. The van der Waals surface area contributed by atoms with Gasteiger partial charge in [0.2, 0.25) is 5.91 Å². The molecular weight excluding hydrogens is 310 g/mol. The number of rotatable bonds is 7. The van der Waals surface area contributed by atoms with Crippen LogP contribution in [0.25, 0.3) is 5.65 Å². The summed E-state index contributed by atoms with van der Waals surface area (Å²) in [5.41, 5.74) is 2.68. The van der Waals surface area contributed by atoms with Gasteiger partial charge in [-0.2, -0.15) is 0 Å². The van der Waals surface area contributed by atoms with Gasteiger partial charge >= 0.3 is 5.97 Å². The Hall–Kier alpha value is -2.70. The monoisotopic (exact) mass is 329 g/mol. The van der Waals surface area contributed by atoms with E-state index in [0.717, 1.165) is 5.65 Å². The molecule has 0 aliphatic heterocycles. The van der Waals surface area contributed by atoms with Crippen molar-refractivity contribution in [2.75, 3.05) is 13.2 Å². The number of ether oxygens (including phenoxy) is 1. The Kier molecular flexibility index (Phi) is 4.59. The van der Waals surface area contributed by atoms with Crippen molar-refractivity contribution in [3.05, 3.63) is 35.8 Å². The van der Waals surface area contributed by atoms with Crippen LogP contribution < -0.4 is 5.32 Å². The summed E-state index contributed by atoms with van der Waals surface area (Å²) in [6, 6.07) is 4.02. The zero-order chi connectivity index (χ0) is 17.1. The van der Waals surface area contributed by atoms with Gasteiger partial charge in [-0.1, -0.05) is 6.07 Å². The first-order valence-corrected chi connectivity index (χ1v) is 8.01. The van der Waals surface area contributed by atoms with E-state index in [1.54, 1.807) is 6.92 Å². The molecule has 1 N–H and O–H groups in total. The molecule has 2 aromatic heterocycles. The lowest BCUT2D eigenvalue weighted by molar-refractivity contribution is -0.153. The van der Waals surface area contributed by atoms with E-state index in [-0.39, 0.29) is 25.5 Å². The third kappa shape index (κ3) is 3.79. The number of ketones is 1. The van der Waals surface area contributed by atoms with Crippen molar-refractivity contribution in [2.24, 2.45) is 0 Å². The molecule has 0 bridgehead atoms. The summed E-state index contributed by atoms with van der Waals surface area (Å²) in [4.78, 5) is 38.9. The molecule has 7 nitrogen and oxygen atoms in total. The minimum atomic E-state index is -0.932. The summed E-state index contributed by atoms with van der Waals surface area (Å²) >= 11 is 0. The molecular formula is C17H19N3O4. The van der Waals surface area contributed by atoms with Gasteiger partial charge in [0.15, 0.2) is 0 Å². The van der Waals surface area contributed by atoms with Gasteiger partial charge in [-0.3, -0.25) is 9.59 Å². The highest BCUT2D eigenvalue weighted by Gasteiger charge is 2.23. The Morgan fingerprint density at radius 1 is 1.29 bits per heavy atom. The number of hydrogen-bond donors (Lipinski definition) is 1. The first-order valence-electron chi connectivity index (χ1n) is 8.01. The molecule has 0 radical (unpaired) electrons. The largest absolute Gasteiger partial charge is 0.460 e. The number of imidazole rings is 1. The SMILES string of the molecule is CCOC(=O)C(=O)CNC(=O)Cc1cn2cc(C3CC3)ccc2n1. The maximum absolute atomic E-state index is 11.9. The van der Waals surface area contributed by atoms with E-state index in [9.17, 15) is 14.4 Å². The van der Waals surface area contributed by atoms with Crippen molar-refractivity contribution < 1.29 is 19.1 Å². The Bertz CT molecular complexity index is 792. The van der Waals surface area contributed by atoms with Crippen LogP contribution in [-0.4, -0.2) is 40.2 Å². The molecule has 1 fully saturated rings. The minimum absolute atomic E-state index is 0.0521. The maximum Gasteiger partial charge on any atom is 0.376 e. The Labute approximate surface area is 139 Å². The molecule has 7 heteroatoms. The average Bonchev–Trinajstić information content (AvgIpc) is 3.33. The van der Waals surface area contributed by atoms with Crippen LogP contribution in [0.2, 0.25) is 0 Å². The standard InChI is InChI=1S/C17H19N3O4/c1-2-24-17(23)14(21)8-18-16(22)7-13-10-20-9-12(11-3-4-11)5-6-15(20)19-13/h5-6,9-11H,2-4,7-8H2,1H3,(H,18,22). The number of carbonyl (C=O) groups is 3. The van der Waals surface area contributed by atoms with Gasteiger partial charge < -0.3 is 14.5 Å².